The van der Waals surface area contributed by atoms with Crippen LogP contribution in [0.2, 0.25) is 0 Å². The zero-order valence-corrected chi connectivity index (χ0v) is 13.5. The van der Waals surface area contributed by atoms with Crippen LogP contribution >= 0.6 is 23.1 Å². The SMILES string of the molecule is CSC1(CNC(=O)c2sc3nnccc3c2N)CCCC1. The average Bonchev–Trinajstić information content (AvgIpc) is 3.11. The van der Waals surface area contributed by atoms with Crippen molar-refractivity contribution < 1.29 is 4.79 Å². The van der Waals surface area contributed by atoms with Crippen molar-refractivity contribution in [2.75, 3.05) is 18.5 Å². The Balaban J connectivity index is 1.76. The quantitative estimate of drug-likeness (QED) is 0.904. The van der Waals surface area contributed by atoms with Gasteiger partial charge >= 0.3 is 0 Å². The topological polar surface area (TPSA) is 80.9 Å². The summed E-state index contributed by atoms with van der Waals surface area (Å²) in [6, 6.07) is 1.80. The Morgan fingerprint density at radius 2 is 2.29 bits per heavy atom. The summed E-state index contributed by atoms with van der Waals surface area (Å²) in [4.78, 5) is 13.7. The van der Waals surface area contributed by atoms with E-state index < -0.39 is 0 Å². The molecule has 112 valence electrons. The molecule has 21 heavy (non-hydrogen) atoms. The molecule has 7 heteroatoms. The van der Waals surface area contributed by atoms with E-state index in [4.69, 9.17) is 5.73 Å². The molecule has 0 radical (unpaired) electrons. The Labute approximate surface area is 131 Å². The number of amides is 1. The fourth-order valence-electron chi connectivity index (χ4n) is 2.84. The summed E-state index contributed by atoms with van der Waals surface area (Å²) in [5.74, 6) is -0.101. The fourth-order valence-corrected chi connectivity index (χ4v) is 4.70. The third kappa shape index (κ3) is 2.72. The van der Waals surface area contributed by atoms with Crippen molar-refractivity contribution in [1.29, 1.82) is 0 Å². The average molecular weight is 322 g/mol. The number of fused-ring (bicyclic) bond motifs is 1. The van der Waals surface area contributed by atoms with E-state index in [0.29, 0.717) is 21.9 Å². The second-order valence-corrected chi connectivity index (χ2v) is 7.65. The van der Waals surface area contributed by atoms with Gasteiger partial charge in [0.2, 0.25) is 0 Å². The van der Waals surface area contributed by atoms with Gasteiger partial charge in [0.05, 0.1) is 11.9 Å². The number of rotatable bonds is 4. The molecule has 0 bridgehead atoms. The zero-order valence-electron chi connectivity index (χ0n) is 11.9. The predicted octanol–water partition coefficient (Wildman–Crippen LogP) is 2.68. The van der Waals surface area contributed by atoms with Crippen LogP contribution in [-0.4, -0.2) is 33.7 Å². The van der Waals surface area contributed by atoms with Crippen molar-refractivity contribution in [3.05, 3.63) is 17.1 Å². The summed E-state index contributed by atoms with van der Waals surface area (Å²) < 4.78 is 0.195. The number of anilines is 1. The molecule has 1 saturated carbocycles. The molecule has 0 saturated heterocycles. The minimum Gasteiger partial charge on any atom is -0.397 e. The smallest absolute Gasteiger partial charge is 0.263 e. The standard InChI is InChI=1S/C14H18N4OS2/c1-20-14(5-2-3-6-14)8-16-12(19)11-10(15)9-4-7-17-18-13(9)21-11/h4,7H,2-3,5-6,8,15H2,1H3,(H,16,19). The highest BCUT2D eigenvalue weighted by atomic mass is 32.2. The Morgan fingerprint density at radius 1 is 1.52 bits per heavy atom. The van der Waals surface area contributed by atoms with E-state index in [9.17, 15) is 4.79 Å². The largest absolute Gasteiger partial charge is 0.397 e. The van der Waals surface area contributed by atoms with Gasteiger partial charge in [-0.25, -0.2) is 0 Å². The normalized spacial score (nSPS) is 17.2. The summed E-state index contributed by atoms with van der Waals surface area (Å²) in [6.45, 7) is 0.701. The van der Waals surface area contributed by atoms with Gasteiger partial charge in [0.15, 0.2) is 0 Å². The minimum absolute atomic E-state index is 0.101. The highest BCUT2D eigenvalue weighted by Crippen LogP contribution is 2.40. The second kappa shape index (κ2) is 5.81. The van der Waals surface area contributed by atoms with Gasteiger partial charge in [-0.15, -0.1) is 16.4 Å². The molecule has 3 N–H and O–H groups in total. The number of nitrogens with one attached hydrogen (secondary N) is 1. The Hall–Kier alpha value is -1.34. The van der Waals surface area contributed by atoms with Crippen molar-refractivity contribution in [2.45, 2.75) is 30.4 Å². The first-order valence-corrected chi connectivity index (χ1v) is 9.02. The number of nitrogen functional groups attached to an aromatic ring is 1. The lowest BCUT2D eigenvalue weighted by molar-refractivity contribution is 0.0954. The molecule has 1 fully saturated rings. The number of aromatic nitrogens is 2. The lowest BCUT2D eigenvalue weighted by Crippen LogP contribution is -2.38. The second-order valence-electron chi connectivity index (χ2n) is 5.37. The third-order valence-electron chi connectivity index (χ3n) is 4.15. The number of carbonyl (C=O) groups is 1. The van der Waals surface area contributed by atoms with Gasteiger partial charge in [0.1, 0.15) is 9.71 Å². The van der Waals surface area contributed by atoms with E-state index in [0.717, 1.165) is 5.39 Å². The molecule has 5 nitrogen and oxygen atoms in total. The minimum atomic E-state index is -0.101. The first kappa shape index (κ1) is 14.6. The van der Waals surface area contributed by atoms with Gasteiger partial charge < -0.3 is 11.1 Å². The molecule has 0 aliphatic heterocycles. The molecule has 1 aliphatic carbocycles. The van der Waals surface area contributed by atoms with E-state index >= 15 is 0 Å². The first-order valence-electron chi connectivity index (χ1n) is 6.98. The summed E-state index contributed by atoms with van der Waals surface area (Å²) in [5, 5.41) is 11.7. The van der Waals surface area contributed by atoms with Gasteiger partial charge in [0, 0.05) is 16.7 Å². The zero-order chi connectivity index (χ0) is 14.9. The number of nitrogens with zero attached hydrogens (tertiary/aromatic N) is 2. The van der Waals surface area contributed by atoms with Crippen LogP contribution in [0.4, 0.5) is 5.69 Å². The van der Waals surface area contributed by atoms with Crippen LogP contribution in [-0.2, 0) is 0 Å². The summed E-state index contributed by atoms with van der Waals surface area (Å²) in [6.07, 6.45) is 8.55. The molecule has 2 aromatic heterocycles. The van der Waals surface area contributed by atoms with Gasteiger partial charge in [-0.3, -0.25) is 4.79 Å². The Kier molecular flexibility index (Phi) is 4.03. The molecule has 0 atom stereocenters. The fraction of sp³-hybridized carbons (Fsp3) is 0.500. The number of hydrogen-bond donors (Lipinski definition) is 2. The predicted molar refractivity (Wildman–Crippen MR) is 88.9 cm³/mol. The molecule has 2 heterocycles. The summed E-state index contributed by atoms with van der Waals surface area (Å²) >= 11 is 3.16. The van der Waals surface area contributed by atoms with Crippen LogP contribution in [0, 0.1) is 0 Å². The van der Waals surface area contributed by atoms with Crippen molar-refractivity contribution in [3.8, 4) is 0 Å². The summed E-state index contributed by atoms with van der Waals surface area (Å²) in [5.41, 5.74) is 6.57. The van der Waals surface area contributed by atoms with E-state index in [-0.39, 0.29) is 10.7 Å². The van der Waals surface area contributed by atoms with Crippen molar-refractivity contribution >= 4 is 44.9 Å². The van der Waals surface area contributed by atoms with Crippen molar-refractivity contribution in [2.24, 2.45) is 0 Å². The van der Waals surface area contributed by atoms with Crippen LogP contribution < -0.4 is 11.1 Å². The third-order valence-corrected chi connectivity index (χ3v) is 6.67. The van der Waals surface area contributed by atoms with Crippen LogP contribution in [0.1, 0.15) is 35.4 Å². The maximum Gasteiger partial charge on any atom is 0.263 e. The van der Waals surface area contributed by atoms with Crippen LogP contribution in [0.15, 0.2) is 12.3 Å². The molecule has 0 aromatic carbocycles. The van der Waals surface area contributed by atoms with Crippen LogP contribution in [0.3, 0.4) is 0 Å². The molecular formula is C14H18N4OS2. The van der Waals surface area contributed by atoms with Gasteiger partial charge in [-0.05, 0) is 25.2 Å². The highest BCUT2D eigenvalue weighted by molar-refractivity contribution is 8.00. The highest BCUT2D eigenvalue weighted by Gasteiger charge is 2.33. The van der Waals surface area contributed by atoms with Crippen LogP contribution in [0.25, 0.3) is 10.2 Å². The Morgan fingerprint density at radius 3 is 2.95 bits per heavy atom. The molecule has 2 aromatic rings. The summed E-state index contributed by atoms with van der Waals surface area (Å²) in [7, 11) is 0. The lowest BCUT2D eigenvalue weighted by Gasteiger charge is -2.26. The monoisotopic (exact) mass is 322 g/mol. The maximum absolute atomic E-state index is 12.4. The van der Waals surface area contributed by atoms with E-state index in [2.05, 4.69) is 21.8 Å². The Bertz CT molecular complexity index is 664. The maximum atomic E-state index is 12.4. The molecule has 0 spiro atoms. The first-order chi connectivity index (χ1) is 10.2. The van der Waals surface area contributed by atoms with E-state index in [1.807, 2.05) is 11.8 Å². The number of nitrogens with two attached hydrogens (primary N) is 1. The molecule has 1 aliphatic rings. The van der Waals surface area contributed by atoms with Crippen LogP contribution in [0.5, 0.6) is 0 Å². The van der Waals surface area contributed by atoms with Crippen molar-refractivity contribution in [1.82, 2.24) is 15.5 Å². The van der Waals surface area contributed by atoms with Crippen molar-refractivity contribution in [3.63, 3.8) is 0 Å². The molecular weight excluding hydrogens is 304 g/mol. The number of carbonyl (C=O) groups excluding carboxylic acids is 1. The molecule has 0 unspecified atom stereocenters. The lowest BCUT2D eigenvalue weighted by atomic mass is 10.1. The van der Waals surface area contributed by atoms with Gasteiger partial charge in [-0.1, -0.05) is 12.8 Å². The number of thioether (sulfide) groups is 1. The number of hydrogen-bond acceptors (Lipinski definition) is 6. The number of thiophene rings is 1. The van der Waals surface area contributed by atoms with E-state index in [1.165, 1.54) is 37.0 Å². The van der Waals surface area contributed by atoms with E-state index in [1.54, 1.807) is 12.3 Å². The molecule has 3 rings (SSSR count). The van der Waals surface area contributed by atoms with Gasteiger partial charge in [-0.2, -0.15) is 16.9 Å². The molecule has 1 amide bonds. The van der Waals surface area contributed by atoms with Gasteiger partial charge in [0.25, 0.3) is 5.91 Å².